The van der Waals surface area contributed by atoms with E-state index in [9.17, 15) is 4.79 Å². The van der Waals surface area contributed by atoms with Crippen molar-refractivity contribution in [1.29, 1.82) is 0 Å². The lowest BCUT2D eigenvalue weighted by Gasteiger charge is -2.36. The normalized spacial score (nSPS) is 17.9. The monoisotopic (exact) mass is 406 g/mol. The Bertz CT molecular complexity index is 1020. The van der Waals surface area contributed by atoms with Crippen molar-refractivity contribution in [2.45, 2.75) is 38.5 Å². The van der Waals surface area contributed by atoms with Crippen molar-refractivity contribution < 1.29 is 4.79 Å². The Balaban J connectivity index is 1.25. The number of hydrogen-bond donors (Lipinski definition) is 1. The molecule has 0 unspecified atom stereocenters. The number of pyridine rings is 1. The van der Waals surface area contributed by atoms with Crippen LogP contribution in [-0.4, -0.2) is 56.7 Å². The molecule has 1 saturated carbocycles. The molecule has 30 heavy (non-hydrogen) atoms. The van der Waals surface area contributed by atoms with Gasteiger partial charge in [-0.2, -0.15) is 5.10 Å². The van der Waals surface area contributed by atoms with Gasteiger partial charge in [0.25, 0.3) is 0 Å². The van der Waals surface area contributed by atoms with Crippen molar-refractivity contribution >= 4 is 22.6 Å². The molecule has 1 aliphatic heterocycles. The molecule has 2 fully saturated rings. The number of H-pyrrole nitrogens is 1. The molecule has 1 saturated heterocycles. The lowest BCUT2D eigenvalue weighted by atomic mass is 10.0. The second kappa shape index (κ2) is 8.13. The van der Waals surface area contributed by atoms with Crippen molar-refractivity contribution in [3.63, 3.8) is 0 Å². The number of amides is 1. The van der Waals surface area contributed by atoms with E-state index >= 15 is 0 Å². The number of aryl methyl sites for hydroxylation is 1. The van der Waals surface area contributed by atoms with E-state index in [2.05, 4.69) is 37.0 Å². The summed E-state index contributed by atoms with van der Waals surface area (Å²) < 4.78 is 1.80. The van der Waals surface area contributed by atoms with E-state index in [1.807, 2.05) is 25.6 Å². The molecule has 1 N–H and O–H groups in total. The predicted molar refractivity (Wildman–Crippen MR) is 118 cm³/mol. The van der Waals surface area contributed by atoms with Crippen LogP contribution in [0.2, 0.25) is 0 Å². The maximum atomic E-state index is 12.7. The van der Waals surface area contributed by atoms with Gasteiger partial charge in [0.15, 0.2) is 0 Å². The number of hydrogen-bond acceptors (Lipinski definition) is 4. The zero-order valence-electron chi connectivity index (χ0n) is 17.7. The van der Waals surface area contributed by atoms with E-state index in [4.69, 9.17) is 0 Å². The maximum absolute atomic E-state index is 12.7. The van der Waals surface area contributed by atoms with Gasteiger partial charge in [-0.1, -0.05) is 25.7 Å². The van der Waals surface area contributed by atoms with Gasteiger partial charge in [-0.05, 0) is 24.5 Å². The standard InChI is InChI=1S/C23H30N6O/c1-27-16-18(15-25-27)20-14-19-21(8-9-24-23(19)26-20)28-10-12-29(13-11-28)22(30)7-6-17-4-2-3-5-17/h8-9,14-17H,2-7,10-13H2,1H3,(H,24,26). The summed E-state index contributed by atoms with van der Waals surface area (Å²) in [5.41, 5.74) is 4.16. The number of fused-ring (bicyclic) bond motifs is 1. The SMILES string of the molecule is Cn1cc(-c2cc3c(N4CCN(C(=O)CCC5CCCC5)CC4)ccnc3[nH]2)cn1. The molecule has 1 aliphatic carbocycles. The highest BCUT2D eigenvalue weighted by atomic mass is 16.2. The van der Waals surface area contributed by atoms with E-state index in [0.717, 1.165) is 67.2 Å². The van der Waals surface area contributed by atoms with Crippen LogP contribution in [0, 0.1) is 5.92 Å². The van der Waals surface area contributed by atoms with Crippen LogP contribution in [0.15, 0.2) is 30.7 Å². The number of carbonyl (C=O) groups is 1. The van der Waals surface area contributed by atoms with Crippen LogP contribution in [0.25, 0.3) is 22.3 Å². The molecule has 0 bridgehead atoms. The number of aromatic amines is 1. The second-order valence-corrected chi connectivity index (χ2v) is 8.74. The molecule has 3 aromatic heterocycles. The number of piperazine rings is 1. The molecule has 7 nitrogen and oxygen atoms in total. The quantitative estimate of drug-likeness (QED) is 0.703. The number of nitrogens with zero attached hydrogens (tertiary/aromatic N) is 5. The molecule has 3 aromatic rings. The smallest absolute Gasteiger partial charge is 0.222 e. The summed E-state index contributed by atoms with van der Waals surface area (Å²) in [7, 11) is 1.92. The summed E-state index contributed by atoms with van der Waals surface area (Å²) in [4.78, 5) is 25.0. The summed E-state index contributed by atoms with van der Waals surface area (Å²) in [6, 6.07) is 4.24. The van der Waals surface area contributed by atoms with Crippen LogP contribution in [0.1, 0.15) is 38.5 Å². The van der Waals surface area contributed by atoms with Crippen LogP contribution in [0.4, 0.5) is 5.69 Å². The Hall–Kier alpha value is -2.83. The summed E-state index contributed by atoms with van der Waals surface area (Å²) in [5.74, 6) is 1.12. The zero-order chi connectivity index (χ0) is 20.5. The second-order valence-electron chi connectivity index (χ2n) is 8.74. The number of nitrogens with one attached hydrogen (secondary N) is 1. The molecule has 0 spiro atoms. The van der Waals surface area contributed by atoms with Crippen molar-refractivity contribution in [2.24, 2.45) is 13.0 Å². The van der Waals surface area contributed by atoms with Gasteiger partial charge in [-0.15, -0.1) is 0 Å². The highest BCUT2D eigenvalue weighted by Gasteiger charge is 2.24. The minimum absolute atomic E-state index is 0.335. The molecule has 0 radical (unpaired) electrons. The van der Waals surface area contributed by atoms with Crippen molar-refractivity contribution in [2.75, 3.05) is 31.1 Å². The fourth-order valence-electron chi connectivity index (χ4n) is 4.99. The summed E-state index contributed by atoms with van der Waals surface area (Å²) in [6.07, 6.45) is 12.8. The number of aromatic nitrogens is 4. The number of anilines is 1. The van der Waals surface area contributed by atoms with Gasteiger partial charge in [-0.3, -0.25) is 9.48 Å². The first-order valence-corrected chi connectivity index (χ1v) is 11.2. The average molecular weight is 407 g/mol. The van der Waals surface area contributed by atoms with Crippen molar-refractivity contribution in [1.82, 2.24) is 24.6 Å². The summed E-state index contributed by atoms with van der Waals surface area (Å²) >= 11 is 0. The maximum Gasteiger partial charge on any atom is 0.222 e. The summed E-state index contributed by atoms with van der Waals surface area (Å²) in [5, 5.41) is 5.39. The first-order valence-electron chi connectivity index (χ1n) is 11.2. The van der Waals surface area contributed by atoms with E-state index in [0.29, 0.717) is 5.91 Å². The third-order valence-electron chi connectivity index (χ3n) is 6.74. The van der Waals surface area contributed by atoms with E-state index in [1.165, 1.54) is 31.4 Å². The third-order valence-corrected chi connectivity index (χ3v) is 6.74. The minimum atomic E-state index is 0.335. The molecule has 0 atom stereocenters. The third kappa shape index (κ3) is 3.80. The van der Waals surface area contributed by atoms with Crippen LogP contribution in [0.5, 0.6) is 0 Å². The van der Waals surface area contributed by atoms with Gasteiger partial charge in [0.05, 0.1) is 11.9 Å². The molecule has 7 heteroatoms. The lowest BCUT2D eigenvalue weighted by molar-refractivity contribution is -0.131. The molecular weight excluding hydrogens is 376 g/mol. The van der Waals surface area contributed by atoms with Crippen LogP contribution in [0.3, 0.4) is 0 Å². The van der Waals surface area contributed by atoms with Crippen LogP contribution in [-0.2, 0) is 11.8 Å². The molecular formula is C23H30N6O. The molecule has 4 heterocycles. The molecule has 1 amide bonds. The Labute approximate surface area is 177 Å². The highest BCUT2D eigenvalue weighted by Crippen LogP contribution is 2.31. The van der Waals surface area contributed by atoms with Gasteiger partial charge >= 0.3 is 0 Å². The Morgan fingerprint density at radius 1 is 1.20 bits per heavy atom. The minimum Gasteiger partial charge on any atom is -0.367 e. The van der Waals surface area contributed by atoms with E-state index < -0.39 is 0 Å². The van der Waals surface area contributed by atoms with Gasteiger partial charge in [0.1, 0.15) is 5.65 Å². The Morgan fingerprint density at radius 3 is 2.73 bits per heavy atom. The van der Waals surface area contributed by atoms with Gasteiger partial charge < -0.3 is 14.8 Å². The fraction of sp³-hybridized carbons (Fsp3) is 0.522. The van der Waals surface area contributed by atoms with Gasteiger partial charge in [-0.25, -0.2) is 4.98 Å². The predicted octanol–water partition coefficient (Wildman–Crippen LogP) is 3.58. The number of rotatable bonds is 5. The van der Waals surface area contributed by atoms with Crippen LogP contribution < -0.4 is 4.90 Å². The zero-order valence-corrected chi connectivity index (χ0v) is 17.7. The molecule has 0 aromatic carbocycles. The average Bonchev–Trinajstić information content (AvgIpc) is 3.52. The fourth-order valence-corrected chi connectivity index (χ4v) is 4.99. The number of carbonyl (C=O) groups excluding carboxylic acids is 1. The Morgan fingerprint density at radius 2 is 2.00 bits per heavy atom. The van der Waals surface area contributed by atoms with Crippen LogP contribution >= 0.6 is 0 Å². The molecule has 5 rings (SSSR count). The first kappa shape index (κ1) is 19.2. The van der Waals surface area contributed by atoms with Gasteiger partial charge in [0, 0.05) is 68.7 Å². The van der Waals surface area contributed by atoms with Gasteiger partial charge in [0.2, 0.25) is 5.91 Å². The molecule has 158 valence electrons. The van der Waals surface area contributed by atoms with Crippen molar-refractivity contribution in [3.05, 3.63) is 30.7 Å². The first-order chi connectivity index (χ1) is 14.7. The largest absolute Gasteiger partial charge is 0.367 e. The molecule has 2 aliphatic rings. The summed E-state index contributed by atoms with van der Waals surface area (Å²) in [6.45, 7) is 3.32. The highest BCUT2D eigenvalue weighted by molar-refractivity contribution is 5.93. The van der Waals surface area contributed by atoms with E-state index in [-0.39, 0.29) is 0 Å². The topological polar surface area (TPSA) is 70.1 Å². The van der Waals surface area contributed by atoms with E-state index in [1.54, 1.807) is 4.68 Å². The lowest BCUT2D eigenvalue weighted by Crippen LogP contribution is -2.48. The van der Waals surface area contributed by atoms with Crippen molar-refractivity contribution in [3.8, 4) is 11.3 Å². The Kier molecular flexibility index (Phi) is 5.19.